The van der Waals surface area contributed by atoms with E-state index in [4.69, 9.17) is 4.43 Å². The van der Waals surface area contributed by atoms with Crippen molar-refractivity contribution in [3.63, 3.8) is 0 Å². The number of hydrogen-bond acceptors (Lipinski definition) is 1. The smallest absolute Gasteiger partial charge is 0.193 e. The van der Waals surface area contributed by atoms with E-state index in [-0.39, 0.29) is 11.1 Å². The second-order valence-corrected chi connectivity index (χ2v) is 21.2. The second-order valence-electron chi connectivity index (χ2n) is 16.4. The first-order valence-corrected chi connectivity index (χ1v) is 18.7. The second kappa shape index (κ2) is 11.6. The highest BCUT2D eigenvalue weighted by atomic mass is 28.4. The van der Waals surface area contributed by atoms with Crippen molar-refractivity contribution in [2.75, 3.05) is 0 Å². The number of hydrogen-bond donors (Lipinski definition) is 0. The third-order valence-corrected chi connectivity index (χ3v) is 15.7. The molecule has 3 aliphatic rings. The fourth-order valence-corrected chi connectivity index (χ4v) is 8.85. The molecule has 3 aliphatic carbocycles. The molecule has 6 atom stereocenters. The number of rotatable bonds is 7. The molecule has 0 aliphatic heterocycles. The lowest BCUT2D eigenvalue weighted by Crippen LogP contribution is -2.46. The number of allylic oxidation sites excluding steroid dienone is 3. The first-order valence-electron chi connectivity index (χ1n) is 15.8. The van der Waals surface area contributed by atoms with Crippen molar-refractivity contribution in [1.29, 1.82) is 0 Å². The van der Waals surface area contributed by atoms with E-state index in [0.29, 0.717) is 16.7 Å². The lowest BCUT2D eigenvalue weighted by Gasteiger charge is -2.44. The van der Waals surface area contributed by atoms with Gasteiger partial charge in [-0.25, -0.2) is 0 Å². The molecule has 0 spiro atoms. The minimum Gasteiger partial charge on any atom is -0.406 e. The van der Waals surface area contributed by atoms with E-state index in [2.05, 4.69) is 101 Å². The Morgan fingerprint density at radius 3 is 2.34 bits per heavy atom. The monoisotopic (exact) mass is 538 g/mol. The molecule has 0 bridgehead atoms. The summed E-state index contributed by atoms with van der Waals surface area (Å²) in [6.07, 6.45) is 16.9. The standard InChI is InChI=1S/C36H62OSi/c1-25(16-14-22-34(5,6)7)31-20-21-32-29(17-15-23-36(31,32)11)18-19-30-24-26(2)27(3)33(28(30)4)37-38(12,13)35(8,9)10/h18-19,25-26,31-33H,3-4,14-17,20-24H2,1-2,5-13H3/b29-18+,30-19-/t25-,26+,31?,32?,33-,36+/m0/s1. The van der Waals surface area contributed by atoms with E-state index in [1.165, 1.54) is 62.5 Å². The van der Waals surface area contributed by atoms with Crippen LogP contribution in [0.1, 0.15) is 120 Å². The van der Waals surface area contributed by atoms with Gasteiger partial charge in [0.2, 0.25) is 0 Å². The van der Waals surface area contributed by atoms with Gasteiger partial charge in [-0.1, -0.05) is 106 Å². The van der Waals surface area contributed by atoms with Gasteiger partial charge in [-0.3, -0.25) is 0 Å². The highest BCUT2D eigenvalue weighted by Crippen LogP contribution is 2.60. The van der Waals surface area contributed by atoms with Crippen LogP contribution in [-0.2, 0) is 4.43 Å². The molecule has 0 radical (unpaired) electrons. The highest BCUT2D eigenvalue weighted by Gasteiger charge is 2.50. The van der Waals surface area contributed by atoms with Crippen molar-refractivity contribution in [2.45, 2.75) is 144 Å². The fourth-order valence-electron chi connectivity index (χ4n) is 7.61. The quantitative estimate of drug-likeness (QED) is 0.231. The Labute approximate surface area is 238 Å². The molecule has 216 valence electrons. The Kier molecular flexibility index (Phi) is 9.63. The van der Waals surface area contributed by atoms with Crippen molar-refractivity contribution < 1.29 is 4.43 Å². The maximum atomic E-state index is 6.92. The van der Waals surface area contributed by atoms with Crippen LogP contribution in [-0.4, -0.2) is 14.4 Å². The van der Waals surface area contributed by atoms with Gasteiger partial charge in [-0.05, 0) is 114 Å². The molecule has 0 aromatic rings. The number of fused-ring (bicyclic) bond motifs is 1. The lowest BCUT2D eigenvalue weighted by molar-refractivity contribution is 0.0920. The Morgan fingerprint density at radius 1 is 1.08 bits per heavy atom. The van der Waals surface area contributed by atoms with Crippen LogP contribution in [0, 0.1) is 34.5 Å². The minimum absolute atomic E-state index is 0.0364. The Balaban J connectivity index is 1.77. The normalized spacial score (nSPS) is 34.2. The molecule has 0 N–H and O–H groups in total. The molecule has 0 saturated heterocycles. The molecule has 2 heteroatoms. The van der Waals surface area contributed by atoms with E-state index in [1.807, 2.05) is 0 Å². The predicted molar refractivity (Wildman–Crippen MR) is 171 cm³/mol. The van der Waals surface area contributed by atoms with Crippen molar-refractivity contribution in [3.05, 3.63) is 47.6 Å². The van der Waals surface area contributed by atoms with E-state index < -0.39 is 8.32 Å². The van der Waals surface area contributed by atoms with E-state index in [0.717, 1.165) is 29.7 Å². The summed E-state index contributed by atoms with van der Waals surface area (Å²) in [5.74, 6) is 2.90. The van der Waals surface area contributed by atoms with Crippen molar-refractivity contribution in [2.24, 2.45) is 34.5 Å². The molecule has 3 rings (SSSR count). The first kappa shape index (κ1) is 31.7. The molecule has 3 saturated carbocycles. The third kappa shape index (κ3) is 6.88. The van der Waals surface area contributed by atoms with Crippen LogP contribution in [0.3, 0.4) is 0 Å². The predicted octanol–water partition coefficient (Wildman–Crippen LogP) is 11.5. The highest BCUT2D eigenvalue weighted by molar-refractivity contribution is 6.74. The molecular weight excluding hydrogens is 476 g/mol. The molecule has 0 aromatic carbocycles. The van der Waals surface area contributed by atoms with Gasteiger partial charge in [0.25, 0.3) is 0 Å². The van der Waals surface area contributed by atoms with E-state index >= 15 is 0 Å². The summed E-state index contributed by atoms with van der Waals surface area (Å²) < 4.78 is 6.92. The zero-order valence-electron chi connectivity index (χ0n) is 27.2. The Hall–Kier alpha value is -0.863. The van der Waals surface area contributed by atoms with Crippen molar-refractivity contribution in [1.82, 2.24) is 0 Å². The molecule has 0 aromatic heterocycles. The van der Waals surface area contributed by atoms with Crippen LogP contribution in [0.2, 0.25) is 18.1 Å². The molecule has 3 fully saturated rings. The summed E-state index contributed by atoms with van der Waals surface area (Å²) in [6.45, 7) is 35.4. The van der Waals surface area contributed by atoms with Gasteiger partial charge in [0.15, 0.2) is 8.32 Å². The van der Waals surface area contributed by atoms with Crippen LogP contribution < -0.4 is 0 Å². The molecular formula is C36H62OSi. The van der Waals surface area contributed by atoms with Crippen LogP contribution in [0.5, 0.6) is 0 Å². The summed E-state index contributed by atoms with van der Waals surface area (Å²) in [5, 5.41) is 0.176. The third-order valence-electron chi connectivity index (χ3n) is 11.3. The topological polar surface area (TPSA) is 9.23 Å². The Morgan fingerprint density at radius 2 is 1.74 bits per heavy atom. The lowest BCUT2D eigenvalue weighted by atomic mass is 9.60. The van der Waals surface area contributed by atoms with Gasteiger partial charge in [0, 0.05) is 0 Å². The largest absolute Gasteiger partial charge is 0.406 e. The zero-order valence-corrected chi connectivity index (χ0v) is 28.2. The average molecular weight is 539 g/mol. The maximum absolute atomic E-state index is 6.92. The van der Waals surface area contributed by atoms with E-state index in [1.54, 1.807) is 5.57 Å². The van der Waals surface area contributed by atoms with Gasteiger partial charge < -0.3 is 4.43 Å². The van der Waals surface area contributed by atoms with Gasteiger partial charge in [-0.15, -0.1) is 0 Å². The van der Waals surface area contributed by atoms with Crippen molar-refractivity contribution >= 4 is 8.32 Å². The SMILES string of the molecule is C=C1/C(=C\C=C2/CCC[C@@]3(C)C2CCC3[C@@H](C)CCCC(C)(C)C)C[C@@H](C)C(=C)[C@@H]1O[Si](C)(C)C(C)(C)C. The average Bonchev–Trinajstić information content (AvgIpc) is 3.14. The van der Waals surface area contributed by atoms with Crippen LogP contribution in [0.15, 0.2) is 47.6 Å². The van der Waals surface area contributed by atoms with Gasteiger partial charge in [0.1, 0.15) is 0 Å². The minimum atomic E-state index is -1.92. The van der Waals surface area contributed by atoms with Crippen molar-refractivity contribution in [3.8, 4) is 0 Å². The summed E-state index contributed by atoms with van der Waals surface area (Å²) in [7, 11) is -1.92. The Bertz CT molecular complexity index is 935. The maximum Gasteiger partial charge on any atom is 0.193 e. The first-order chi connectivity index (χ1) is 17.4. The summed E-state index contributed by atoms with van der Waals surface area (Å²) in [4.78, 5) is 0. The molecule has 2 unspecified atom stereocenters. The van der Waals surface area contributed by atoms with E-state index in [9.17, 15) is 0 Å². The van der Waals surface area contributed by atoms with Gasteiger partial charge in [0.05, 0.1) is 6.10 Å². The fraction of sp³-hybridized carbons (Fsp3) is 0.778. The molecule has 0 heterocycles. The summed E-state index contributed by atoms with van der Waals surface area (Å²) >= 11 is 0. The molecule has 1 nitrogen and oxygen atoms in total. The van der Waals surface area contributed by atoms with Crippen LogP contribution in [0.25, 0.3) is 0 Å². The molecule has 0 amide bonds. The summed E-state index contributed by atoms with van der Waals surface area (Å²) in [5.41, 5.74) is 6.40. The van der Waals surface area contributed by atoms with Crippen LogP contribution >= 0.6 is 0 Å². The molecule has 38 heavy (non-hydrogen) atoms. The van der Waals surface area contributed by atoms with Gasteiger partial charge in [-0.2, -0.15) is 0 Å². The summed E-state index contributed by atoms with van der Waals surface area (Å²) in [6, 6.07) is 0. The zero-order chi connectivity index (χ0) is 28.7. The van der Waals surface area contributed by atoms with Gasteiger partial charge >= 0.3 is 0 Å². The van der Waals surface area contributed by atoms with Crippen LogP contribution in [0.4, 0.5) is 0 Å².